The van der Waals surface area contributed by atoms with E-state index in [1.54, 1.807) is 4.90 Å². The van der Waals surface area contributed by atoms with Gasteiger partial charge in [0.1, 0.15) is 0 Å². The second-order valence-corrected chi connectivity index (χ2v) is 6.77. The molecule has 1 N–H and O–H groups in total. The van der Waals surface area contributed by atoms with E-state index in [1.807, 2.05) is 11.9 Å². The maximum Gasteiger partial charge on any atom is 0.317 e. The van der Waals surface area contributed by atoms with Crippen LogP contribution in [0.1, 0.15) is 51.9 Å². The van der Waals surface area contributed by atoms with Crippen molar-refractivity contribution >= 4 is 11.9 Å². The first-order valence-corrected chi connectivity index (χ1v) is 9.07. The molecule has 23 heavy (non-hydrogen) atoms. The largest absolute Gasteiger partial charge is 0.346 e. The summed E-state index contributed by atoms with van der Waals surface area (Å²) in [6.45, 7) is 5.08. The molecule has 1 aliphatic heterocycles. The topological polar surface area (TPSA) is 52.7 Å². The molecular weight excluding hydrogens is 290 g/mol. The Kier molecular flexibility index (Phi) is 6.93. The number of nitrogens with zero attached hydrogens (tertiary/aromatic N) is 2. The van der Waals surface area contributed by atoms with E-state index in [-0.39, 0.29) is 11.9 Å². The molecule has 0 aromatic heterocycles. The standard InChI is InChI=1S/C18H31N3O2/c1-3-12-20(2)17(22)9-6-11-19-18(23)21-13-10-15-7-4-5-8-16(15)14-21/h8,15H,3-7,9-14H2,1-2H3,(H,19,23). The summed E-state index contributed by atoms with van der Waals surface area (Å²) in [6, 6.07) is 0.0179. The molecule has 130 valence electrons. The summed E-state index contributed by atoms with van der Waals surface area (Å²) in [5.41, 5.74) is 1.45. The van der Waals surface area contributed by atoms with Gasteiger partial charge in [-0.1, -0.05) is 18.6 Å². The average Bonchev–Trinajstić information content (AvgIpc) is 2.58. The van der Waals surface area contributed by atoms with Gasteiger partial charge in [-0.2, -0.15) is 0 Å². The molecule has 1 aliphatic carbocycles. The minimum Gasteiger partial charge on any atom is -0.346 e. The number of hydrogen-bond acceptors (Lipinski definition) is 2. The fourth-order valence-corrected chi connectivity index (χ4v) is 3.51. The fraction of sp³-hybridized carbons (Fsp3) is 0.778. The molecule has 0 spiro atoms. The third-order valence-corrected chi connectivity index (χ3v) is 4.92. The second kappa shape index (κ2) is 8.94. The van der Waals surface area contributed by atoms with Crippen LogP contribution in [0.5, 0.6) is 0 Å². The normalized spacial score (nSPS) is 20.5. The number of rotatable bonds is 6. The van der Waals surface area contributed by atoms with Crippen molar-refractivity contribution in [1.82, 2.24) is 15.1 Å². The predicted octanol–water partition coefficient (Wildman–Crippen LogP) is 2.78. The summed E-state index contributed by atoms with van der Waals surface area (Å²) >= 11 is 0. The molecule has 0 aromatic rings. The Labute approximate surface area is 140 Å². The Morgan fingerprint density at radius 2 is 2.22 bits per heavy atom. The molecular formula is C18H31N3O2. The van der Waals surface area contributed by atoms with Gasteiger partial charge in [-0.3, -0.25) is 4.79 Å². The van der Waals surface area contributed by atoms with Gasteiger partial charge in [0.15, 0.2) is 0 Å². The van der Waals surface area contributed by atoms with Crippen molar-refractivity contribution in [3.05, 3.63) is 11.6 Å². The SMILES string of the molecule is CCCN(C)C(=O)CCCNC(=O)N1CCC2CCCC=C2C1. The number of piperidine rings is 1. The molecule has 1 heterocycles. The highest BCUT2D eigenvalue weighted by Crippen LogP contribution is 2.31. The van der Waals surface area contributed by atoms with Crippen molar-refractivity contribution in [2.75, 3.05) is 33.2 Å². The second-order valence-electron chi connectivity index (χ2n) is 6.77. The molecule has 3 amide bonds. The maximum atomic E-state index is 12.2. The lowest BCUT2D eigenvalue weighted by molar-refractivity contribution is -0.130. The number of fused-ring (bicyclic) bond motifs is 1. The van der Waals surface area contributed by atoms with Crippen LogP contribution in [-0.2, 0) is 4.79 Å². The Morgan fingerprint density at radius 1 is 1.39 bits per heavy atom. The van der Waals surface area contributed by atoms with E-state index >= 15 is 0 Å². The Morgan fingerprint density at radius 3 is 3.00 bits per heavy atom. The van der Waals surface area contributed by atoms with Gasteiger partial charge in [-0.15, -0.1) is 0 Å². The zero-order chi connectivity index (χ0) is 16.7. The van der Waals surface area contributed by atoms with Gasteiger partial charge < -0.3 is 15.1 Å². The van der Waals surface area contributed by atoms with E-state index in [1.165, 1.54) is 18.4 Å². The molecule has 5 nitrogen and oxygen atoms in total. The van der Waals surface area contributed by atoms with Crippen LogP contribution in [0, 0.1) is 5.92 Å². The number of amides is 3. The summed E-state index contributed by atoms with van der Waals surface area (Å²) in [5, 5.41) is 2.96. The quantitative estimate of drug-likeness (QED) is 0.604. The number of carbonyl (C=O) groups excluding carboxylic acids is 2. The minimum atomic E-state index is 0.0179. The van der Waals surface area contributed by atoms with Crippen LogP contribution in [0.2, 0.25) is 0 Å². The molecule has 0 saturated carbocycles. The number of likely N-dealkylation sites (tertiary alicyclic amines) is 1. The Balaban J connectivity index is 1.65. The summed E-state index contributed by atoms with van der Waals surface area (Å²) in [4.78, 5) is 27.8. The van der Waals surface area contributed by atoms with Crippen LogP contribution in [0.25, 0.3) is 0 Å². The third kappa shape index (κ3) is 5.26. The van der Waals surface area contributed by atoms with Gasteiger partial charge in [-0.25, -0.2) is 4.79 Å². The van der Waals surface area contributed by atoms with Crippen molar-refractivity contribution in [2.24, 2.45) is 5.92 Å². The van der Waals surface area contributed by atoms with Crippen molar-refractivity contribution in [3.63, 3.8) is 0 Å². The summed E-state index contributed by atoms with van der Waals surface area (Å²) in [7, 11) is 1.84. The van der Waals surface area contributed by atoms with E-state index in [0.29, 0.717) is 25.3 Å². The van der Waals surface area contributed by atoms with Crippen molar-refractivity contribution < 1.29 is 9.59 Å². The van der Waals surface area contributed by atoms with Gasteiger partial charge in [0.05, 0.1) is 0 Å². The van der Waals surface area contributed by atoms with Gasteiger partial charge >= 0.3 is 6.03 Å². The number of nitrogens with one attached hydrogen (secondary N) is 1. The molecule has 0 radical (unpaired) electrons. The van der Waals surface area contributed by atoms with E-state index in [2.05, 4.69) is 18.3 Å². The minimum absolute atomic E-state index is 0.0179. The average molecular weight is 321 g/mol. The predicted molar refractivity (Wildman–Crippen MR) is 92.2 cm³/mol. The molecule has 1 unspecified atom stereocenters. The molecule has 1 atom stereocenters. The van der Waals surface area contributed by atoms with Gasteiger partial charge in [0.2, 0.25) is 5.91 Å². The number of hydrogen-bond donors (Lipinski definition) is 1. The first kappa shape index (κ1) is 17.8. The monoisotopic (exact) mass is 321 g/mol. The number of carbonyl (C=O) groups is 2. The van der Waals surface area contributed by atoms with Crippen molar-refractivity contribution in [1.29, 1.82) is 0 Å². The van der Waals surface area contributed by atoms with Gasteiger partial charge in [0.25, 0.3) is 0 Å². The lowest BCUT2D eigenvalue weighted by atomic mass is 9.82. The van der Waals surface area contributed by atoms with Crippen molar-refractivity contribution in [3.8, 4) is 0 Å². The fourth-order valence-electron chi connectivity index (χ4n) is 3.51. The van der Waals surface area contributed by atoms with Crippen LogP contribution >= 0.6 is 0 Å². The van der Waals surface area contributed by atoms with Crippen LogP contribution in [0.4, 0.5) is 4.79 Å². The zero-order valence-corrected chi connectivity index (χ0v) is 14.6. The van der Waals surface area contributed by atoms with E-state index < -0.39 is 0 Å². The van der Waals surface area contributed by atoms with Crippen molar-refractivity contribution in [2.45, 2.75) is 51.9 Å². The molecule has 1 fully saturated rings. The summed E-state index contributed by atoms with van der Waals surface area (Å²) in [6.07, 6.45) is 9.35. The maximum absolute atomic E-state index is 12.2. The molecule has 0 aromatic carbocycles. The lowest BCUT2D eigenvalue weighted by Gasteiger charge is -2.36. The Bertz CT molecular complexity index is 448. The lowest BCUT2D eigenvalue weighted by Crippen LogP contribution is -2.46. The van der Waals surface area contributed by atoms with Crippen LogP contribution in [0.3, 0.4) is 0 Å². The molecule has 5 heteroatoms. The third-order valence-electron chi connectivity index (χ3n) is 4.92. The number of urea groups is 1. The molecule has 0 bridgehead atoms. The highest BCUT2D eigenvalue weighted by molar-refractivity contribution is 5.76. The first-order chi connectivity index (χ1) is 11.1. The molecule has 1 saturated heterocycles. The summed E-state index contributed by atoms with van der Waals surface area (Å²) < 4.78 is 0. The first-order valence-electron chi connectivity index (χ1n) is 9.07. The van der Waals surface area contributed by atoms with E-state index in [4.69, 9.17) is 0 Å². The van der Waals surface area contributed by atoms with Crippen LogP contribution < -0.4 is 5.32 Å². The van der Waals surface area contributed by atoms with Gasteiger partial charge in [0, 0.05) is 39.6 Å². The molecule has 2 rings (SSSR count). The smallest absolute Gasteiger partial charge is 0.317 e. The highest BCUT2D eigenvalue weighted by Gasteiger charge is 2.27. The van der Waals surface area contributed by atoms with Crippen LogP contribution in [-0.4, -0.2) is 55.0 Å². The highest BCUT2D eigenvalue weighted by atomic mass is 16.2. The van der Waals surface area contributed by atoms with Gasteiger partial charge in [-0.05, 0) is 44.4 Å². The number of allylic oxidation sites excluding steroid dienone is 1. The zero-order valence-electron chi connectivity index (χ0n) is 14.6. The van der Waals surface area contributed by atoms with E-state index in [9.17, 15) is 9.59 Å². The summed E-state index contributed by atoms with van der Waals surface area (Å²) in [5.74, 6) is 0.869. The molecule has 2 aliphatic rings. The Hall–Kier alpha value is -1.52. The van der Waals surface area contributed by atoms with E-state index in [0.717, 1.165) is 38.9 Å². The van der Waals surface area contributed by atoms with Crippen LogP contribution in [0.15, 0.2) is 11.6 Å².